The maximum absolute atomic E-state index is 12.4. The van der Waals surface area contributed by atoms with Crippen LogP contribution in [0.5, 0.6) is 0 Å². The molecule has 0 saturated heterocycles. The lowest BCUT2D eigenvalue weighted by molar-refractivity contribution is 0.0888. The Kier molecular flexibility index (Phi) is 4.64. The summed E-state index contributed by atoms with van der Waals surface area (Å²) in [7, 11) is 0. The maximum atomic E-state index is 12.4. The van der Waals surface area contributed by atoms with Crippen LogP contribution in [0.4, 0.5) is 0 Å². The molecule has 122 valence electrons. The highest BCUT2D eigenvalue weighted by molar-refractivity contribution is 6.30. The Hall–Kier alpha value is -2.63. The van der Waals surface area contributed by atoms with Gasteiger partial charge in [-0.2, -0.15) is 0 Å². The van der Waals surface area contributed by atoms with Gasteiger partial charge in [0.2, 0.25) is 0 Å². The van der Waals surface area contributed by atoms with E-state index in [1.807, 2.05) is 0 Å². The average Bonchev–Trinajstić information content (AvgIpc) is 2.60. The summed E-state index contributed by atoms with van der Waals surface area (Å²) in [6.07, 6.45) is 0. The van der Waals surface area contributed by atoms with E-state index in [0.717, 1.165) is 6.07 Å². The van der Waals surface area contributed by atoms with Gasteiger partial charge in [0.05, 0.1) is 18.0 Å². The molecule has 0 fully saturated rings. The van der Waals surface area contributed by atoms with Crippen LogP contribution in [0, 0.1) is 0 Å². The molecule has 5 nitrogen and oxygen atoms in total. The molecule has 0 radical (unpaired) electrons. The third kappa shape index (κ3) is 3.32. The van der Waals surface area contributed by atoms with E-state index in [-0.39, 0.29) is 17.8 Å². The van der Waals surface area contributed by atoms with Gasteiger partial charge in [0.25, 0.3) is 5.91 Å². The van der Waals surface area contributed by atoms with Crippen LogP contribution in [0.1, 0.15) is 22.2 Å². The monoisotopic (exact) mass is 343 g/mol. The highest BCUT2D eigenvalue weighted by atomic mass is 35.5. The molecule has 3 rings (SSSR count). The molecule has 1 atom stereocenters. The lowest BCUT2D eigenvalue weighted by Crippen LogP contribution is -2.31. The van der Waals surface area contributed by atoms with Gasteiger partial charge in [-0.25, -0.2) is 0 Å². The van der Waals surface area contributed by atoms with Crippen LogP contribution < -0.4 is 10.7 Å². The minimum absolute atomic E-state index is 0.105. The van der Waals surface area contributed by atoms with Crippen molar-refractivity contribution in [3.63, 3.8) is 0 Å². The molecule has 1 amide bonds. The predicted molar refractivity (Wildman–Crippen MR) is 91.2 cm³/mol. The van der Waals surface area contributed by atoms with Crippen molar-refractivity contribution in [1.82, 2.24) is 5.32 Å². The first-order valence-corrected chi connectivity index (χ1v) is 7.66. The minimum atomic E-state index is -0.633. The Morgan fingerprint density at radius 3 is 2.58 bits per heavy atom. The number of benzene rings is 2. The summed E-state index contributed by atoms with van der Waals surface area (Å²) in [5.74, 6) is -0.682. The molecule has 6 heteroatoms. The zero-order chi connectivity index (χ0) is 17.1. The summed E-state index contributed by atoms with van der Waals surface area (Å²) in [4.78, 5) is 24.4. The van der Waals surface area contributed by atoms with Crippen molar-refractivity contribution in [3.05, 3.63) is 81.2 Å². The van der Waals surface area contributed by atoms with E-state index in [2.05, 4.69) is 5.32 Å². The van der Waals surface area contributed by atoms with Gasteiger partial charge in [0.15, 0.2) is 11.2 Å². The first-order valence-electron chi connectivity index (χ1n) is 7.28. The minimum Gasteiger partial charge on any atom is -0.451 e. The number of halogens is 1. The van der Waals surface area contributed by atoms with E-state index >= 15 is 0 Å². The Balaban J connectivity index is 1.88. The molecule has 2 N–H and O–H groups in total. The number of rotatable bonds is 4. The number of aliphatic hydroxyl groups is 1. The van der Waals surface area contributed by atoms with E-state index in [4.69, 9.17) is 16.0 Å². The van der Waals surface area contributed by atoms with Crippen molar-refractivity contribution in [3.8, 4) is 0 Å². The fourth-order valence-electron chi connectivity index (χ4n) is 2.37. The van der Waals surface area contributed by atoms with Crippen molar-refractivity contribution in [2.75, 3.05) is 6.61 Å². The summed E-state index contributed by atoms with van der Waals surface area (Å²) in [5, 5.41) is 13.1. The number of carbonyl (C=O) groups excluding carboxylic acids is 1. The number of nitrogens with one attached hydrogen (secondary N) is 1. The maximum Gasteiger partial charge on any atom is 0.287 e. The van der Waals surface area contributed by atoms with Gasteiger partial charge >= 0.3 is 0 Å². The second-order valence-corrected chi connectivity index (χ2v) is 5.67. The van der Waals surface area contributed by atoms with E-state index in [1.165, 1.54) is 0 Å². The van der Waals surface area contributed by atoms with Crippen molar-refractivity contribution < 1.29 is 14.3 Å². The molecular formula is C18H14ClNO4. The second-order valence-electron chi connectivity index (χ2n) is 5.23. The summed E-state index contributed by atoms with van der Waals surface area (Å²) in [6.45, 7) is -0.300. The molecule has 24 heavy (non-hydrogen) atoms. The van der Waals surface area contributed by atoms with Gasteiger partial charge in [-0.1, -0.05) is 35.9 Å². The molecule has 1 heterocycles. The SMILES string of the molecule is O=C(NC(CO)c1ccc(Cl)cc1)c1cc(=O)c2ccccc2o1. The number of hydrogen-bond donors (Lipinski definition) is 2. The zero-order valence-corrected chi connectivity index (χ0v) is 13.3. The highest BCUT2D eigenvalue weighted by Gasteiger charge is 2.18. The fourth-order valence-corrected chi connectivity index (χ4v) is 2.50. The molecule has 0 aliphatic heterocycles. The normalized spacial score (nSPS) is 12.1. The largest absolute Gasteiger partial charge is 0.451 e. The van der Waals surface area contributed by atoms with Crippen LogP contribution >= 0.6 is 11.6 Å². The van der Waals surface area contributed by atoms with Crippen LogP contribution in [0.2, 0.25) is 5.02 Å². The lowest BCUT2D eigenvalue weighted by atomic mass is 10.1. The van der Waals surface area contributed by atoms with E-state index < -0.39 is 11.9 Å². The van der Waals surface area contributed by atoms with Gasteiger partial charge in [0.1, 0.15) is 5.58 Å². The van der Waals surface area contributed by atoms with Gasteiger partial charge in [0, 0.05) is 11.1 Å². The molecule has 1 unspecified atom stereocenters. The first-order chi connectivity index (χ1) is 11.6. The number of aliphatic hydroxyl groups excluding tert-OH is 1. The molecule has 0 aliphatic rings. The third-order valence-corrected chi connectivity index (χ3v) is 3.87. The molecule has 0 spiro atoms. The molecule has 0 aliphatic carbocycles. The molecule has 1 aromatic heterocycles. The summed E-state index contributed by atoms with van der Waals surface area (Å²) < 4.78 is 5.49. The van der Waals surface area contributed by atoms with Crippen LogP contribution in [0.15, 0.2) is 63.8 Å². The molecule has 0 saturated carbocycles. The molecular weight excluding hydrogens is 330 g/mol. The lowest BCUT2D eigenvalue weighted by Gasteiger charge is -2.16. The van der Waals surface area contributed by atoms with Crippen molar-refractivity contribution >= 4 is 28.5 Å². The van der Waals surface area contributed by atoms with Gasteiger partial charge in [-0.15, -0.1) is 0 Å². The Labute approximate surface area is 142 Å². The quantitative estimate of drug-likeness (QED) is 0.763. The summed E-state index contributed by atoms with van der Waals surface area (Å²) in [5.41, 5.74) is 0.731. The Morgan fingerprint density at radius 1 is 1.17 bits per heavy atom. The van der Waals surface area contributed by atoms with Gasteiger partial charge < -0.3 is 14.8 Å². The van der Waals surface area contributed by atoms with E-state index in [0.29, 0.717) is 21.6 Å². The Morgan fingerprint density at radius 2 is 1.88 bits per heavy atom. The molecule has 0 bridgehead atoms. The number of fused-ring (bicyclic) bond motifs is 1. The van der Waals surface area contributed by atoms with E-state index in [9.17, 15) is 14.7 Å². The van der Waals surface area contributed by atoms with Gasteiger partial charge in [-0.05, 0) is 29.8 Å². The average molecular weight is 344 g/mol. The summed E-state index contributed by atoms with van der Waals surface area (Å²) in [6, 6.07) is 14.0. The smallest absolute Gasteiger partial charge is 0.287 e. The predicted octanol–water partition coefficient (Wildman–Crippen LogP) is 2.91. The van der Waals surface area contributed by atoms with Crippen LogP contribution in [0.25, 0.3) is 11.0 Å². The molecule has 2 aromatic carbocycles. The van der Waals surface area contributed by atoms with Crippen molar-refractivity contribution in [2.24, 2.45) is 0 Å². The first kappa shape index (κ1) is 16.2. The summed E-state index contributed by atoms with van der Waals surface area (Å²) >= 11 is 5.83. The van der Waals surface area contributed by atoms with Crippen molar-refractivity contribution in [2.45, 2.75) is 6.04 Å². The highest BCUT2D eigenvalue weighted by Crippen LogP contribution is 2.17. The number of hydrogen-bond acceptors (Lipinski definition) is 4. The van der Waals surface area contributed by atoms with Crippen LogP contribution in [-0.4, -0.2) is 17.6 Å². The number of amides is 1. The van der Waals surface area contributed by atoms with E-state index in [1.54, 1.807) is 48.5 Å². The molecule has 3 aromatic rings. The standard InChI is InChI=1S/C18H14ClNO4/c19-12-7-5-11(6-8-12)14(10-21)20-18(23)17-9-15(22)13-3-1-2-4-16(13)24-17/h1-9,14,21H,10H2,(H,20,23). The van der Waals surface area contributed by atoms with Crippen LogP contribution in [0.3, 0.4) is 0 Å². The van der Waals surface area contributed by atoms with Crippen molar-refractivity contribution in [1.29, 1.82) is 0 Å². The topological polar surface area (TPSA) is 79.5 Å². The number of carbonyl (C=O) groups is 1. The Bertz CT molecular complexity index is 934. The van der Waals surface area contributed by atoms with Gasteiger partial charge in [-0.3, -0.25) is 9.59 Å². The third-order valence-electron chi connectivity index (χ3n) is 3.62. The fraction of sp³-hybridized carbons (Fsp3) is 0.111. The van der Waals surface area contributed by atoms with Crippen LogP contribution in [-0.2, 0) is 0 Å². The second kappa shape index (κ2) is 6.86. The zero-order valence-electron chi connectivity index (χ0n) is 12.5. The number of para-hydroxylation sites is 1.